The highest BCUT2D eigenvalue weighted by Gasteiger charge is 2.26. The molecule has 132 valence electrons. The van der Waals surface area contributed by atoms with Crippen LogP contribution in [0.1, 0.15) is 26.3 Å². The molecule has 3 rings (SSSR count). The van der Waals surface area contributed by atoms with E-state index in [2.05, 4.69) is 38.2 Å². The van der Waals surface area contributed by atoms with E-state index in [0.717, 1.165) is 23.6 Å². The van der Waals surface area contributed by atoms with Crippen molar-refractivity contribution in [3.8, 4) is 11.5 Å². The van der Waals surface area contributed by atoms with E-state index >= 15 is 0 Å². The molecule has 25 heavy (non-hydrogen) atoms. The minimum absolute atomic E-state index is 0.209. The van der Waals surface area contributed by atoms with Gasteiger partial charge in [-0.2, -0.15) is 0 Å². The summed E-state index contributed by atoms with van der Waals surface area (Å²) in [6, 6.07) is 15.9. The summed E-state index contributed by atoms with van der Waals surface area (Å²) in [5, 5.41) is 3.54. The van der Waals surface area contributed by atoms with Gasteiger partial charge in [0.1, 0.15) is 23.7 Å². The summed E-state index contributed by atoms with van der Waals surface area (Å²) >= 11 is 0. The smallest absolute Gasteiger partial charge is 0.128 e. The normalized spacial score (nSPS) is 16.4. The molecule has 2 aromatic carbocycles. The lowest BCUT2D eigenvalue weighted by Gasteiger charge is -2.31. The third-order valence-electron chi connectivity index (χ3n) is 4.13. The lowest BCUT2D eigenvalue weighted by molar-refractivity contribution is 0.157. The van der Waals surface area contributed by atoms with E-state index in [-0.39, 0.29) is 11.6 Å². The number of para-hydroxylation sites is 1. The SMILES string of the molecule is CC(COc1cccc(N)c1)NCC1=CC(C)(C)Oc2ccccc21. The molecular formula is C21H26N2O2. The van der Waals surface area contributed by atoms with E-state index in [0.29, 0.717) is 12.3 Å². The third-order valence-corrected chi connectivity index (χ3v) is 4.13. The molecule has 1 atom stereocenters. The van der Waals surface area contributed by atoms with Gasteiger partial charge in [0.15, 0.2) is 0 Å². The number of rotatable bonds is 6. The summed E-state index contributed by atoms with van der Waals surface area (Å²) < 4.78 is 11.8. The predicted octanol–water partition coefficient (Wildman–Crippen LogP) is 3.88. The van der Waals surface area contributed by atoms with Crippen molar-refractivity contribution in [3.05, 3.63) is 60.2 Å². The summed E-state index contributed by atoms with van der Waals surface area (Å²) in [7, 11) is 0. The molecule has 4 nitrogen and oxygen atoms in total. The average molecular weight is 338 g/mol. The van der Waals surface area contributed by atoms with Gasteiger partial charge in [0.25, 0.3) is 0 Å². The van der Waals surface area contributed by atoms with Gasteiger partial charge in [-0.05, 0) is 50.6 Å². The molecule has 4 heteroatoms. The molecule has 0 saturated heterocycles. The minimum Gasteiger partial charge on any atom is -0.492 e. The van der Waals surface area contributed by atoms with E-state index in [1.165, 1.54) is 5.57 Å². The zero-order valence-corrected chi connectivity index (χ0v) is 15.1. The molecule has 2 aromatic rings. The highest BCUT2D eigenvalue weighted by atomic mass is 16.5. The molecule has 0 amide bonds. The Labute approximate surface area is 149 Å². The molecule has 3 N–H and O–H groups in total. The van der Waals surface area contributed by atoms with Gasteiger partial charge in [0, 0.05) is 29.9 Å². The van der Waals surface area contributed by atoms with Crippen molar-refractivity contribution in [3.63, 3.8) is 0 Å². The van der Waals surface area contributed by atoms with Crippen LogP contribution >= 0.6 is 0 Å². The van der Waals surface area contributed by atoms with Crippen molar-refractivity contribution in [1.82, 2.24) is 5.32 Å². The summed E-state index contributed by atoms with van der Waals surface area (Å²) in [5.41, 5.74) is 8.59. The monoisotopic (exact) mass is 338 g/mol. The number of hydrogen-bond acceptors (Lipinski definition) is 4. The second kappa shape index (κ2) is 7.19. The summed E-state index contributed by atoms with van der Waals surface area (Å²) in [6.07, 6.45) is 2.19. The first-order chi connectivity index (χ1) is 11.9. The van der Waals surface area contributed by atoms with Crippen molar-refractivity contribution in [2.45, 2.75) is 32.4 Å². The number of nitrogens with two attached hydrogens (primary N) is 1. The van der Waals surface area contributed by atoms with Crippen molar-refractivity contribution in [1.29, 1.82) is 0 Å². The van der Waals surface area contributed by atoms with Crippen LogP contribution in [0.5, 0.6) is 11.5 Å². The summed E-state index contributed by atoms with van der Waals surface area (Å²) in [6.45, 7) is 7.62. The van der Waals surface area contributed by atoms with Gasteiger partial charge in [-0.15, -0.1) is 0 Å². The van der Waals surface area contributed by atoms with Crippen LogP contribution in [0.4, 0.5) is 5.69 Å². The Morgan fingerprint density at radius 1 is 1.16 bits per heavy atom. The quantitative estimate of drug-likeness (QED) is 0.785. The Hall–Kier alpha value is -2.46. The van der Waals surface area contributed by atoms with Gasteiger partial charge in [0.2, 0.25) is 0 Å². The van der Waals surface area contributed by atoms with Gasteiger partial charge < -0.3 is 20.5 Å². The van der Waals surface area contributed by atoms with Crippen LogP contribution in [-0.2, 0) is 0 Å². The van der Waals surface area contributed by atoms with Gasteiger partial charge in [-0.1, -0.05) is 24.3 Å². The Bertz CT molecular complexity index is 768. The number of benzene rings is 2. The molecule has 0 fully saturated rings. The van der Waals surface area contributed by atoms with Crippen LogP contribution in [0.15, 0.2) is 54.6 Å². The van der Waals surface area contributed by atoms with E-state index in [1.807, 2.05) is 42.5 Å². The summed E-state index contributed by atoms with van der Waals surface area (Å²) in [4.78, 5) is 0. The fraction of sp³-hybridized carbons (Fsp3) is 0.333. The number of nitrogens with one attached hydrogen (secondary N) is 1. The molecule has 0 saturated carbocycles. The van der Waals surface area contributed by atoms with Crippen molar-refractivity contribution >= 4 is 11.3 Å². The van der Waals surface area contributed by atoms with E-state index in [4.69, 9.17) is 15.2 Å². The Balaban J connectivity index is 1.59. The number of nitrogen functional groups attached to an aromatic ring is 1. The van der Waals surface area contributed by atoms with Gasteiger partial charge >= 0.3 is 0 Å². The maximum Gasteiger partial charge on any atom is 0.128 e. The number of anilines is 1. The van der Waals surface area contributed by atoms with Crippen LogP contribution in [0, 0.1) is 0 Å². The van der Waals surface area contributed by atoms with Crippen LogP contribution in [-0.4, -0.2) is 24.8 Å². The highest BCUT2D eigenvalue weighted by molar-refractivity contribution is 5.74. The highest BCUT2D eigenvalue weighted by Crippen LogP contribution is 2.35. The molecule has 1 heterocycles. The topological polar surface area (TPSA) is 56.5 Å². The summed E-state index contributed by atoms with van der Waals surface area (Å²) in [5.74, 6) is 1.74. The van der Waals surface area contributed by atoms with E-state index < -0.39 is 0 Å². The second-order valence-electron chi connectivity index (χ2n) is 7.04. The molecule has 1 aliphatic heterocycles. The molecule has 0 aromatic heterocycles. The van der Waals surface area contributed by atoms with E-state index in [9.17, 15) is 0 Å². The zero-order chi connectivity index (χ0) is 17.9. The Kier molecular flexibility index (Phi) is 5.00. The second-order valence-corrected chi connectivity index (χ2v) is 7.04. The maximum absolute atomic E-state index is 6.03. The van der Waals surface area contributed by atoms with Gasteiger partial charge in [-0.25, -0.2) is 0 Å². The zero-order valence-electron chi connectivity index (χ0n) is 15.1. The van der Waals surface area contributed by atoms with Crippen LogP contribution in [0.25, 0.3) is 5.57 Å². The molecular weight excluding hydrogens is 312 g/mol. The molecule has 0 radical (unpaired) electrons. The third kappa shape index (κ3) is 4.54. The van der Waals surface area contributed by atoms with Gasteiger partial charge in [0.05, 0.1) is 0 Å². The Morgan fingerprint density at radius 2 is 1.96 bits per heavy atom. The fourth-order valence-corrected chi connectivity index (χ4v) is 2.95. The molecule has 1 unspecified atom stereocenters. The first-order valence-corrected chi connectivity index (χ1v) is 8.65. The standard InChI is InChI=1S/C21H26N2O2/c1-15(14-24-18-8-6-7-17(22)11-18)23-13-16-12-21(2,3)25-20-10-5-4-9-19(16)20/h4-12,15,23H,13-14,22H2,1-3H3. The number of fused-ring (bicyclic) bond motifs is 1. The lowest BCUT2D eigenvalue weighted by Crippen LogP contribution is -2.35. The maximum atomic E-state index is 6.03. The lowest BCUT2D eigenvalue weighted by atomic mass is 9.94. The largest absolute Gasteiger partial charge is 0.492 e. The van der Waals surface area contributed by atoms with Crippen LogP contribution in [0.3, 0.4) is 0 Å². The molecule has 1 aliphatic rings. The average Bonchev–Trinajstić information content (AvgIpc) is 2.57. The Morgan fingerprint density at radius 3 is 2.76 bits per heavy atom. The van der Waals surface area contributed by atoms with Crippen LogP contribution < -0.4 is 20.5 Å². The van der Waals surface area contributed by atoms with Crippen molar-refractivity contribution in [2.75, 3.05) is 18.9 Å². The predicted molar refractivity (Wildman–Crippen MR) is 103 cm³/mol. The first kappa shape index (κ1) is 17.4. The van der Waals surface area contributed by atoms with Crippen LogP contribution in [0.2, 0.25) is 0 Å². The first-order valence-electron chi connectivity index (χ1n) is 8.65. The minimum atomic E-state index is -0.299. The number of ether oxygens (including phenoxy) is 2. The fourth-order valence-electron chi connectivity index (χ4n) is 2.95. The van der Waals surface area contributed by atoms with Gasteiger partial charge in [-0.3, -0.25) is 0 Å². The molecule has 0 spiro atoms. The molecule has 0 aliphatic carbocycles. The van der Waals surface area contributed by atoms with E-state index in [1.54, 1.807) is 0 Å². The van der Waals surface area contributed by atoms with Crippen molar-refractivity contribution < 1.29 is 9.47 Å². The van der Waals surface area contributed by atoms with Crippen molar-refractivity contribution in [2.24, 2.45) is 0 Å². The molecule has 0 bridgehead atoms. The number of hydrogen-bond donors (Lipinski definition) is 2.